The van der Waals surface area contributed by atoms with Crippen LogP contribution < -0.4 is 0 Å². The number of benzene rings is 1. The lowest BCUT2D eigenvalue weighted by atomic mass is 9.89. The molecule has 1 aromatic heterocycles. The number of rotatable bonds is 3. The molecule has 0 amide bonds. The highest BCUT2D eigenvalue weighted by Gasteiger charge is 2.24. The van der Waals surface area contributed by atoms with Crippen LogP contribution in [0.2, 0.25) is 0 Å². The third kappa shape index (κ3) is 2.93. The second-order valence-electron chi connectivity index (χ2n) is 4.83. The summed E-state index contributed by atoms with van der Waals surface area (Å²) < 4.78 is 13.1. The minimum atomic E-state index is -1.12. The van der Waals surface area contributed by atoms with E-state index in [1.165, 1.54) is 12.3 Å². The summed E-state index contributed by atoms with van der Waals surface area (Å²) in [6.07, 6.45) is 3.06. The van der Waals surface area contributed by atoms with E-state index in [0.29, 0.717) is 12.0 Å². The van der Waals surface area contributed by atoms with E-state index in [4.69, 9.17) is 0 Å². The number of aliphatic hydroxyl groups is 1. The van der Waals surface area contributed by atoms with Gasteiger partial charge in [-0.3, -0.25) is 4.98 Å². The predicted octanol–water partition coefficient (Wildman–Crippen LogP) is 2.98. The van der Waals surface area contributed by atoms with E-state index < -0.39 is 11.4 Å². The van der Waals surface area contributed by atoms with Gasteiger partial charge >= 0.3 is 0 Å². The summed E-state index contributed by atoms with van der Waals surface area (Å²) in [5.41, 5.74) is 1.53. The smallest absolute Gasteiger partial charge is 0.141 e. The van der Waals surface area contributed by atoms with Crippen molar-refractivity contribution in [2.24, 2.45) is 0 Å². The van der Waals surface area contributed by atoms with E-state index in [9.17, 15) is 9.50 Å². The van der Waals surface area contributed by atoms with Gasteiger partial charge in [-0.15, -0.1) is 0 Å². The van der Waals surface area contributed by atoms with E-state index >= 15 is 0 Å². The average Bonchev–Trinajstić information content (AvgIpc) is 2.28. The zero-order chi connectivity index (χ0) is 13.2. The van der Waals surface area contributed by atoms with Gasteiger partial charge in [-0.25, -0.2) is 4.39 Å². The summed E-state index contributed by atoms with van der Waals surface area (Å²) in [4.78, 5) is 3.77. The molecule has 1 heterocycles. The highest BCUT2D eigenvalue weighted by Crippen LogP contribution is 2.25. The summed E-state index contributed by atoms with van der Waals surface area (Å²) in [6.45, 7) is 3.67. The molecule has 0 spiro atoms. The molecular formula is C15H16FNO. The van der Waals surface area contributed by atoms with E-state index in [1.807, 2.05) is 31.2 Å². The molecular weight excluding hydrogens is 229 g/mol. The van der Waals surface area contributed by atoms with Crippen molar-refractivity contribution in [1.29, 1.82) is 0 Å². The molecule has 0 saturated heterocycles. The van der Waals surface area contributed by atoms with Crippen LogP contribution in [0.5, 0.6) is 0 Å². The molecule has 0 aliphatic heterocycles. The number of pyridine rings is 1. The zero-order valence-electron chi connectivity index (χ0n) is 10.5. The van der Waals surface area contributed by atoms with Gasteiger partial charge in [-0.05, 0) is 25.5 Å². The van der Waals surface area contributed by atoms with Crippen LogP contribution in [0.15, 0.2) is 42.7 Å². The minimum Gasteiger partial charge on any atom is -0.385 e. The van der Waals surface area contributed by atoms with Crippen molar-refractivity contribution in [2.45, 2.75) is 25.9 Å². The van der Waals surface area contributed by atoms with Crippen LogP contribution >= 0.6 is 0 Å². The first-order valence-electron chi connectivity index (χ1n) is 5.86. The van der Waals surface area contributed by atoms with Crippen LogP contribution in [0.1, 0.15) is 23.6 Å². The number of halogens is 1. The van der Waals surface area contributed by atoms with E-state index in [0.717, 1.165) is 17.3 Å². The first kappa shape index (κ1) is 12.7. The molecule has 0 bridgehead atoms. The summed E-state index contributed by atoms with van der Waals surface area (Å²) in [5, 5.41) is 10.4. The van der Waals surface area contributed by atoms with Gasteiger partial charge in [0.05, 0.1) is 11.8 Å². The fourth-order valence-electron chi connectivity index (χ4n) is 2.03. The fourth-order valence-corrected chi connectivity index (χ4v) is 2.03. The summed E-state index contributed by atoms with van der Waals surface area (Å²) in [7, 11) is 0. The monoisotopic (exact) mass is 245 g/mol. The summed E-state index contributed by atoms with van der Waals surface area (Å²) in [5.74, 6) is -0.433. The third-order valence-electron chi connectivity index (χ3n) is 2.96. The Labute approximate surface area is 106 Å². The van der Waals surface area contributed by atoms with Crippen LogP contribution in [0.3, 0.4) is 0 Å². The van der Waals surface area contributed by atoms with Gasteiger partial charge in [0, 0.05) is 18.2 Å². The molecule has 18 heavy (non-hydrogen) atoms. The van der Waals surface area contributed by atoms with Crippen molar-refractivity contribution >= 4 is 0 Å². The van der Waals surface area contributed by atoms with Crippen LogP contribution in [-0.4, -0.2) is 10.1 Å². The van der Waals surface area contributed by atoms with Crippen molar-refractivity contribution in [2.75, 3.05) is 0 Å². The highest BCUT2D eigenvalue weighted by molar-refractivity contribution is 5.27. The quantitative estimate of drug-likeness (QED) is 0.901. The van der Waals surface area contributed by atoms with Gasteiger partial charge in [-0.1, -0.05) is 29.8 Å². The van der Waals surface area contributed by atoms with Crippen LogP contribution in [0, 0.1) is 12.7 Å². The molecule has 0 aliphatic carbocycles. The molecule has 1 atom stereocenters. The maximum absolute atomic E-state index is 13.1. The van der Waals surface area contributed by atoms with E-state index in [1.54, 1.807) is 6.92 Å². The molecule has 1 unspecified atom stereocenters. The number of hydrogen-bond donors (Lipinski definition) is 1. The third-order valence-corrected chi connectivity index (χ3v) is 2.96. The summed E-state index contributed by atoms with van der Waals surface area (Å²) >= 11 is 0. The molecule has 2 aromatic rings. The van der Waals surface area contributed by atoms with E-state index in [-0.39, 0.29) is 0 Å². The molecule has 94 valence electrons. The van der Waals surface area contributed by atoms with Gasteiger partial charge in [0.15, 0.2) is 0 Å². The lowest BCUT2D eigenvalue weighted by molar-refractivity contribution is 0.0569. The van der Waals surface area contributed by atoms with Gasteiger partial charge in [0.2, 0.25) is 0 Å². The number of hydrogen-bond acceptors (Lipinski definition) is 2. The number of nitrogens with zero attached hydrogens (tertiary/aromatic N) is 1. The van der Waals surface area contributed by atoms with Crippen molar-refractivity contribution < 1.29 is 9.50 Å². The fraction of sp³-hybridized carbons (Fsp3) is 0.267. The highest BCUT2D eigenvalue weighted by atomic mass is 19.1. The molecule has 0 fully saturated rings. The number of aromatic nitrogens is 1. The Morgan fingerprint density at radius 2 is 2.06 bits per heavy atom. The molecule has 3 heteroatoms. The second kappa shape index (κ2) is 4.86. The van der Waals surface area contributed by atoms with Gasteiger partial charge < -0.3 is 5.11 Å². The lowest BCUT2D eigenvalue weighted by Gasteiger charge is -2.23. The van der Waals surface area contributed by atoms with E-state index in [2.05, 4.69) is 4.98 Å². The SMILES string of the molecule is Cc1cccc(CC(C)(O)c2cncc(F)c2)c1. The average molecular weight is 245 g/mol. The van der Waals surface area contributed by atoms with Gasteiger partial charge in [0.1, 0.15) is 5.82 Å². The standard InChI is InChI=1S/C15H16FNO/c1-11-4-3-5-12(6-11)8-15(2,18)13-7-14(16)10-17-9-13/h3-7,9-10,18H,8H2,1-2H3. The predicted molar refractivity (Wildman–Crippen MR) is 68.6 cm³/mol. The second-order valence-corrected chi connectivity index (χ2v) is 4.83. The Bertz CT molecular complexity index is 552. The molecule has 0 radical (unpaired) electrons. The number of aryl methyl sites for hydroxylation is 1. The molecule has 0 saturated carbocycles. The zero-order valence-corrected chi connectivity index (χ0v) is 10.5. The maximum Gasteiger partial charge on any atom is 0.141 e. The van der Waals surface area contributed by atoms with Crippen molar-refractivity contribution in [3.05, 3.63) is 65.2 Å². The molecule has 0 aliphatic rings. The summed E-state index contributed by atoms with van der Waals surface area (Å²) in [6, 6.07) is 9.24. The minimum absolute atomic E-state index is 0.430. The Hall–Kier alpha value is -1.74. The van der Waals surface area contributed by atoms with Crippen molar-refractivity contribution in [1.82, 2.24) is 4.98 Å². The van der Waals surface area contributed by atoms with Crippen LogP contribution in [-0.2, 0) is 12.0 Å². The Morgan fingerprint density at radius 1 is 1.28 bits per heavy atom. The lowest BCUT2D eigenvalue weighted by Crippen LogP contribution is -2.24. The van der Waals surface area contributed by atoms with Gasteiger partial charge in [0.25, 0.3) is 0 Å². The Kier molecular flexibility index (Phi) is 3.43. The molecule has 1 N–H and O–H groups in total. The Morgan fingerprint density at radius 3 is 2.72 bits per heavy atom. The topological polar surface area (TPSA) is 33.1 Å². The van der Waals surface area contributed by atoms with Crippen molar-refractivity contribution in [3.63, 3.8) is 0 Å². The van der Waals surface area contributed by atoms with Crippen LogP contribution in [0.25, 0.3) is 0 Å². The largest absolute Gasteiger partial charge is 0.385 e. The van der Waals surface area contributed by atoms with Gasteiger partial charge in [-0.2, -0.15) is 0 Å². The maximum atomic E-state index is 13.1. The Balaban J connectivity index is 2.26. The van der Waals surface area contributed by atoms with Crippen LogP contribution in [0.4, 0.5) is 4.39 Å². The van der Waals surface area contributed by atoms with Crippen molar-refractivity contribution in [3.8, 4) is 0 Å². The first-order valence-corrected chi connectivity index (χ1v) is 5.86. The molecule has 1 aromatic carbocycles. The normalized spacial score (nSPS) is 14.2. The molecule has 2 nitrogen and oxygen atoms in total. The first-order chi connectivity index (χ1) is 8.47. The molecule has 2 rings (SSSR count).